The number of nitrogens with zero attached hydrogens (tertiary/aromatic N) is 6. The van der Waals surface area contributed by atoms with E-state index >= 15 is 0 Å². The van der Waals surface area contributed by atoms with Gasteiger partial charge in [0.2, 0.25) is 5.91 Å². The molecule has 0 saturated carbocycles. The van der Waals surface area contributed by atoms with Gasteiger partial charge in [0, 0.05) is 43.4 Å². The summed E-state index contributed by atoms with van der Waals surface area (Å²) in [4.78, 5) is 32.6. The van der Waals surface area contributed by atoms with E-state index < -0.39 is 17.7 Å². The summed E-state index contributed by atoms with van der Waals surface area (Å²) < 4.78 is 9.59. The molecular formula is C24H33BrN8O3. The fourth-order valence-corrected chi connectivity index (χ4v) is 4.98. The number of piperidine rings is 1. The van der Waals surface area contributed by atoms with Gasteiger partial charge >= 0.3 is 6.09 Å². The van der Waals surface area contributed by atoms with Crippen molar-refractivity contribution in [3.63, 3.8) is 0 Å². The van der Waals surface area contributed by atoms with Crippen molar-refractivity contribution >= 4 is 39.4 Å². The van der Waals surface area contributed by atoms with Gasteiger partial charge in [-0.25, -0.2) is 9.78 Å². The Morgan fingerprint density at radius 1 is 1.25 bits per heavy atom. The lowest BCUT2D eigenvalue weighted by Crippen LogP contribution is -2.54. The van der Waals surface area contributed by atoms with Crippen LogP contribution in [0.25, 0.3) is 16.8 Å². The Balaban J connectivity index is 1.70. The predicted octanol–water partition coefficient (Wildman–Crippen LogP) is 3.48. The highest BCUT2D eigenvalue weighted by Crippen LogP contribution is 2.38. The molecule has 0 aromatic carbocycles. The third-order valence-electron chi connectivity index (χ3n) is 6.11. The summed E-state index contributed by atoms with van der Waals surface area (Å²) in [6.07, 6.45) is 6.79. The fourth-order valence-electron chi connectivity index (χ4n) is 4.40. The van der Waals surface area contributed by atoms with Gasteiger partial charge in [0.25, 0.3) is 0 Å². The number of rotatable bonds is 5. The normalized spacial score (nSPS) is 18.4. The minimum atomic E-state index is -0.688. The molecule has 0 bridgehead atoms. The van der Waals surface area contributed by atoms with Crippen molar-refractivity contribution < 1.29 is 14.3 Å². The molecule has 3 aromatic heterocycles. The van der Waals surface area contributed by atoms with Gasteiger partial charge in [-0.05, 0) is 56.0 Å². The van der Waals surface area contributed by atoms with Crippen LogP contribution in [0.15, 0.2) is 23.1 Å². The number of aromatic nitrogens is 5. The number of anilines is 1. The Morgan fingerprint density at radius 3 is 2.64 bits per heavy atom. The van der Waals surface area contributed by atoms with E-state index in [-0.39, 0.29) is 18.4 Å². The zero-order valence-electron chi connectivity index (χ0n) is 21.3. The summed E-state index contributed by atoms with van der Waals surface area (Å²) in [6, 6.07) is -0.608. The Hall–Kier alpha value is -3.15. The molecule has 2 amide bonds. The van der Waals surface area contributed by atoms with E-state index in [0.29, 0.717) is 41.0 Å². The minimum Gasteiger partial charge on any atom is -0.444 e. The highest BCUT2D eigenvalue weighted by atomic mass is 79.9. The number of amides is 2. The summed E-state index contributed by atoms with van der Waals surface area (Å²) in [5.41, 5.74) is 8.76. The number of hydrogen-bond acceptors (Lipinski definition) is 7. The van der Waals surface area contributed by atoms with Gasteiger partial charge < -0.3 is 15.8 Å². The Labute approximate surface area is 218 Å². The molecule has 0 unspecified atom stereocenters. The molecular weight excluding hydrogens is 528 g/mol. The van der Waals surface area contributed by atoms with Crippen molar-refractivity contribution in [3.8, 4) is 11.1 Å². The molecule has 1 saturated heterocycles. The molecule has 4 heterocycles. The number of nitrogens with one attached hydrogen (secondary N) is 1. The maximum atomic E-state index is 13.2. The fraction of sp³-hybridized carbons (Fsp3) is 0.542. The SMILES string of the molecule is CCCNC(=O)[C@@H]1CC[C@H](c2nc3c(-c4cnn(C)c4)cnn3c(N)c2Br)CN1C(=O)OC(C)(C)C. The first-order chi connectivity index (χ1) is 17.0. The molecule has 1 fully saturated rings. The van der Waals surface area contributed by atoms with E-state index in [4.69, 9.17) is 15.5 Å². The monoisotopic (exact) mass is 560 g/mol. The number of aryl methyl sites for hydroxylation is 1. The second-order valence-electron chi connectivity index (χ2n) is 10.1. The molecule has 0 spiro atoms. The molecule has 3 N–H and O–H groups in total. The van der Waals surface area contributed by atoms with Crippen LogP contribution in [-0.2, 0) is 16.6 Å². The van der Waals surface area contributed by atoms with E-state index in [2.05, 4.69) is 31.4 Å². The number of fused-ring (bicyclic) bond motifs is 1. The zero-order valence-corrected chi connectivity index (χ0v) is 22.9. The van der Waals surface area contributed by atoms with Gasteiger partial charge in [0.15, 0.2) is 5.65 Å². The molecule has 4 rings (SSSR count). The number of carbonyl (C=O) groups excluding carboxylic acids is 2. The van der Waals surface area contributed by atoms with Crippen LogP contribution in [0, 0.1) is 0 Å². The molecule has 3 aromatic rings. The first-order valence-corrected chi connectivity index (χ1v) is 12.9. The van der Waals surface area contributed by atoms with E-state index in [1.165, 1.54) is 4.90 Å². The first-order valence-electron chi connectivity index (χ1n) is 12.1. The third-order valence-corrected chi connectivity index (χ3v) is 6.92. The van der Waals surface area contributed by atoms with Gasteiger partial charge in [0.05, 0.1) is 22.6 Å². The van der Waals surface area contributed by atoms with Crippen LogP contribution in [0.4, 0.5) is 10.6 Å². The molecule has 0 radical (unpaired) electrons. The summed E-state index contributed by atoms with van der Waals surface area (Å²) in [6.45, 7) is 8.25. The third kappa shape index (κ3) is 5.18. The van der Waals surface area contributed by atoms with Gasteiger partial charge in [-0.2, -0.15) is 14.7 Å². The van der Waals surface area contributed by atoms with Crippen molar-refractivity contribution in [2.24, 2.45) is 7.05 Å². The molecule has 2 atom stereocenters. The summed E-state index contributed by atoms with van der Waals surface area (Å²) in [5, 5.41) is 11.6. The predicted molar refractivity (Wildman–Crippen MR) is 139 cm³/mol. The lowest BCUT2D eigenvalue weighted by atomic mass is 9.89. The summed E-state index contributed by atoms with van der Waals surface area (Å²) in [7, 11) is 1.85. The van der Waals surface area contributed by atoms with Crippen molar-refractivity contribution in [2.45, 2.75) is 64.5 Å². The Bertz CT molecular complexity index is 1280. The highest BCUT2D eigenvalue weighted by molar-refractivity contribution is 9.10. The molecule has 1 aliphatic heterocycles. The lowest BCUT2D eigenvalue weighted by Gasteiger charge is -2.39. The number of ether oxygens (including phenoxy) is 1. The maximum Gasteiger partial charge on any atom is 0.410 e. The van der Waals surface area contributed by atoms with Crippen molar-refractivity contribution in [1.29, 1.82) is 0 Å². The van der Waals surface area contributed by atoms with Crippen LogP contribution >= 0.6 is 15.9 Å². The van der Waals surface area contributed by atoms with E-state index in [1.807, 2.05) is 40.9 Å². The van der Waals surface area contributed by atoms with Crippen LogP contribution in [0.3, 0.4) is 0 Å². The summed E-state index contributed by atoms with van der Waals surface area (Å²) >= 11 is 3.61. The molecule has 11 nitrogen and oxygen atoms in total. The highest BCUT2D eigenvalue weighted by Gasteiger charge is 2.40. The van der Waals surface area contributed by atoms with Gasteiger partial charge in [-0.15, -0.1) is 0 Å². The number of likely N-dealkylation sites (tertiary alicyclic amines) is 1. The van der Waals surface area contributed by atoms with Crippen LogP contribution in [0.1, 0.15) is 58.6 Å². The van der Waals surface area contributed by atoms with E-state index in [0.717, 1.165) is 17.5 Å². The second kappa shape index (κ2) is 10.1. The lowest BCUT2D eigenvalue weighted by molar-refractivity contribution is -0.127. The van der Waals surface area contributed by atoms with Crippen LogP contribution in [0.2, 0.25) is 0 Å². The van der Waals surface area contributed by atoms with E-state index in [9.17, 15) is 9.59 Å². The van der Waals surface area contributed by atoms with Crippen LogP contribution in [-0.4, -0.2) is 66.0 Å². The van der Waals surface area contributed by atoms with Gasteiger partial charge in [0.1, 0.15) is 17.5 Å². The maximum absolute atomic E-state index is 13.2. The average molecular weight is 561 g/mol. The zero-order chi connectivity index (χ0) is 26.2. The molecule has 0 aliphatic carbocycles. The first kappa shape index (κ1) is 25.9. The number of carbonyl (C=O) groups is 2. The minimum absolute atomic E-state index is 0.161. The Kier molecular flexibility index (Phi) is 7.26. The van der Waals surface area contributed by atoms with Gasteiger partial charge in [-0.3, -0.25) is 14.4 Å². The van der Waals surface area contributed by atoms with Crippen LogP contribution in [0.5, 0.6) is 0 Å². The van der Waals surface area contributed by atoms with Crippen molar-refractivity contribution in [3.05, 3.63) is 28.8 Å². The largest absolute Gasteiger partial charge is 0.444 e. The van der Waals surface area contributed by atoms with E-state index in [1.54, 1.807) is 21.6 Å². The topological polar surface area (TPSA) is 133 Å². The Morgan fingerprint density at radius 2 is 2.00 bits per heavy atom. The number of nitrogens with two attached hydrogens (primary N) is 1. The smallest absolute Gasteiger partial charge is 0.410 e. The molecule has 1 aliphatic rings. The number of halogens is 1. The summed E-state index contributed by atoms with van der Waals surface area (Å²) in [5.74, 6) is 0.0839. The average Bonchev–Trinajstić information content (AvgIpc) is 3.44. The number of nitrogen functional groups attached to an aromatic ring is 1. The quantitative estimate of drug-likeness (QED) is 0.487. The molecule has 36 heavy (non-hydrogen) atoms. The van der Waals surface area contributed by atoms with Crippen LogP contribution < -0.4 is 11.1 Å². The van der Waals surface area contributed by atoms with Crippen molar-refractivity contribution in [1.82, 2.24) is 34.6 Å². The van der Waals surface area contributed by atoms with Crippen molar-refractivity contribution in [2.75, 3.05) is 18.8 Å². The molecule has 194 valence electrons. The molecule has 12 heteroatoms. The number of hydrogen-bond donors (Lipinski definition) is 2. The van der Waals surface area contributed by atoms with Gasteiger partial charge in [-0.1, -0.05) is 6.92 Å². The standard InChI is InChI=1S/C24H33BrN8O3/c1-6-9-27-22(34)17-8-7-14(13-32(17)23(35)36-24(2,3)4)19-18(25)20(26)33-21(30-19)16(11-29-33)15-10-28-31(5)12-15/h10-12,14,17H,6-9,13,26H2,1-5H3,(H,27,34)/t14-,17-/m0/s1. The second-order valence-corrected chi connectivity index (χ2v) is 10.9.